The molecule has 0 aliphatic carbocycles. The minimum absolute atomic E-state index is 0.153. The number of hydrogen-bond acceptors (Lipinski definition) is 2. The molecule has 2 atom stereocenters. The van der Waals surface area contributed by atoms with Gasteiger partial charge in [0.15, 0.2) is 0 Å². The third-order valence-corrected chi connectivity index (χ3v) is 4.86. The molecule has 1 aliphatic heterocycles. The first-order valence-corrected chi connectivity index (χ1v) is 8.69. The van der Waals surface area contributed by atoms with Crippen molar-refractivity contribution in [2.45, 2.75) is 30.2 Å². The van der Waals surface area contributed by atoms with E-state index in [0.29, 0.717) is 0 Å². The second-order valence-electron chi connectivity index (χ2n) is 5.44. The molecule has 0 aromatic heterocycles. The van der Waals surface area contributed by atoms with Gasteiger partial charge in [0.05, 0.1) is 4.83 Å². The van der Waals surface area contributed by atoms with E-state index in [2.05, 4.69) is 45.4 Å². The Morgan fingerprint density at radius 1 is 1.09 bits per heavy atom. The fourth-order valence-electron chi connectivity index (χ4n) is 2.57. The summed E-state index contributed by atoms with van der Waals surface area (Å²) in [5, 5.41) is 5.06. The standard InChI is InChI=1S/C18H17BrClNO/c19-17-12-16(11-6-13-4-2-1-3-5-13)22-21-18(17)14-7-9-15(20)10-8-14/h1-5,7-10,16-17H,6,11-12H2. The van der Waals surface area contributed by atoms with E-state index in [-0.39, 0.29) is 10.9 Å². The number of hydrogen-bond donors (Lipinski definition) is 0. The number of halogens is 2. The van der Waals surface area contributed by atoms with E-state index in [0.717, 1.165) is 35.6 Å². The Labute approximate surface area is 144 Å². The van der Waals surface area contributed by atoms with Gasteiger partial charge in [-0.3, -0.25) is 0 Å². The first-order chi connectivity index (χ1) is 10.7. The Hall–Kier alpha value is -1.32. The fourth-order valence-corrected chi connectivity index (χ4v) is 3.46. The molecule has 22 heavy (non-hydrogen) atoms. The minimum Gasteiger partial charge on any atom is -0.392 e. The van der Waals surface area contributed by atoms with E-state index >= 15 is 0 Å². The highest BCUT2D eigenvalue weighted by Crippen LogP contribution is 2.26. The summed E-state index contributed by atoms with van der Waals surface area (Å²) in [6, 6.07) is 18.2. The van der Waals surface area contributed by atoms with Crippen LogP contribution in [-0.4, -0.2) is 16.6 Å². The van der Waals surface area contributed by atoms with Crippen molar-refractivity contribution >= 4 is 33.2 Å². The maximum absolute atomic E-state index is 5.93. The third-order valence-electron chi connectivity index (χ3n) is 3.80. The van der Waals surface area contributed by atoms with Crippen LogP contribution >= 0.6 is 27.5 Å². The number of rotatable bonds is 4. The van der Waals surface area contributed by atoms with E-state index in [1.165, 1.54) is 5.56 Å². The Bertz CT molecular complexity index is 642. The second-order valence-corrected chi connectivity index (χ2v) is 6.98. The summed E-state index contributed by atoms with van der Waals surface area (Å²) in [5.41, 5.74) is 3.32. The minimum atomic E-state index is 0.153. The van der Waals surface area contributed by atoms with Crippen molar-refractivity contribution in [3.05, 3.63) is 70.7 Å². The van der Waals surface area contributed by atoms with Crippen molar-refractivity contribution in [3.8, 4) is 0 Å². The molecule has 1 aliphatic rings. The van der Waals surface area contributed by atoms with Crippen LogP contribution in [0.1, 0.15) is 24.0 Å². The number of benzene rings is 2. The maximum atomic E-state index is 5.93. The van der Waals surface area contributed by atoms with Crippen LogP contribution in [0.2, 0.25) is 5.02 Å². The molecule has 114 valence electrons. The van der Waals surface area contributed by atoms with Crippen molar-refractivity contribution in [2.75, 3.05) is 0 Å². The Morgan fingerprint density at radius 3 is 2.50 bits per heavy atom. The maximum Gasteiger partial charge on any atom is 0.129 e. The molecule has 0 bridgehead atoms. The lowest BCUT2D eigenvalue weighted by Gasteiger charge is -2.25. The quantitative estimate of drug-likeness (QED) is 0.668. The molecule has 3 rings (SSSR count). The van der Waals surface area contributed by atoms with E-state index < -0.39 is 0 Å². The van der Waals surface area contributed by atoms with E-state index in [4.69, 9.17) is 16.4 Å². The van der Waals surface area contributed by atoms with Gasteiger partial charge < -0.3 is 4.84 Å². The summed E-state index contributed by atoms with van der Waals surface area (Å²) in [4.78, 5) is 5.90. The van der Waals surface area contributed by atoms with Gasteiger partial charge >= 0.3 is 0 Å². The molecular formula is C18H17BrClNO. The second kappa shape index (κ2) is 7.30. The van der Waals surface area contributed by atoms with Gasteiger partial charge in [-0.25, -0.2) is 0 Å². The Balaban J connectivity index is 1.62. The van der Waals surface area contributed by atoms with Gasteiger partial charge in [-0.2, -0.15) is 0 Å². The molecule has 2 nitrogen and oxygen atoms in total. The Kier molecular flexibility index (Phi) is 5.16. The summed E-state index contributed by atoms with van der Waals surface area (Å²) in [6.07, 6.45) is 3.06. The topological polar surface area (TPSA) is 21.6 Å². The highest BCUT2D eigenvalue weighted by Gasteiger charge is 2.26. The average molecular weight is 379 g/mol. The molecule has 4 heteroatoms. The first-order valence-electron chi connectivity index (χ1n) is 7.40. The molecule has 0 fully saturated rings. The SMILES string of the molecule is Clc1ccc(C2=NOC(CCc3ccccc3)CC2Br)cc1. The number of aryl methyl sites for hydroxylation is 1. The predicted octanol–water partition coefficient (Wildman–Crippen LogP) is 5.23. The van der Waals surface area contributed by atoms with E-state index in [9.17, 15) is 0 Å². The summed E-state index contributed by atoms with van der Waals surface area (Å²) >= 11 is 9.66. The fraction of sp³-hybridized carbons (Fsp3) is 0.278. The zero-order valence-electron chi connectivity index (χ0n) is 12.1. The van der Waals surface area contributed by atoms with Crippen molar-refractivity contribution in [1.29, 1.82) is 0 Å². The average Bonchev–Trinajstić information content (AvgIpc) is 2.55. The van der Waals surface area contributed by atoms with Gasteiger partial charge in [0.2, 0.25) is 0 Å². The van der Waals surface area contributed by atoms with E-state index in [1.54, 1.807) is 0 Å². The van der Waals surface area contributed by atoms with Gasteiger partial charge in [0.1, 0.15) is 11.8 Å². The molecule has 2 aromatic rings. The lowest BCUT2D eigenvalue weighted by molar-refractivity contribution is 0.0401. The summed E-state index contributed by atoms with van der Waals surface area (Å²) in [7, 11) is 0. The Morgan fingerprint density at radius 2 is 1.82 bits per heavy atom. The largest absolute Gasteiger partial charge is 0.392 e. The van der Waals surface area contributed by atoms with Gasteiger partial charge in [-0.1, -0.05) is 75.2 Å². The van der Waals surface area contributed by atoms with E-state index in [1.807, 2.05) is 30.3 Å². The molecule has 2 aromatic carbocycles. The van der Waals surface area contributed by atoms with Crippen LogP contribution in [0, 0.1) is 0 Å². The van der Waals surface area contributed by atoms with Crippen molar-refractivity contribution in [2.24, 2.45) is 5.16 Å². The highest BCUT2D eigenvalue weighted by atomic mass is 79.9. The molecular weight excluding hydrogens is 362 g/mol. The van der Waals surface area contributed by atoms with Crippen molar-refractivity contribution in [3.63, 3.8) is 0 Å². The predicted molar refractivity (Wildman–Crippen MR) is 95.0 cm³/mol. The van der Waals surface area contributed by atoms with Crippen LogP contribution < -0.4 is 0 Å². The zero-order chi connectivity index (χ0) is 15.4. The third kappa shape index (κ3) is 3.90. The van der Waals surface area contributed by atoms with Crippen LogP contribution in [0.15, 0.2) is 59.8 Å². The number of alkyl halides is 1. The molecule has 0 saturated carbocycles. The monoisotopic (exact) mass is 377 g/mol. The van der Waals surface area contributed by atoms with Crippen LogP contribution in [0.5, 0.6) is 0 Å². The van der Waals surface area contributed by atoms with Crippen molar-refractivity contribution < 1.29 is 4.84 Å². The molecule has 0 N–H and O–H groups in total. The lowest BCUT2D eigenvalue weighted by atomic mass is 9.99. The summed E-state index contributed by atoms with van der Waals surface area (Å²) in [6.45, 7) is 0. The highest BCUT2D eigenvalue weighted by molar-refractivity contribution is 9.10. The van der Waals surface area contributed by atoms with Gasteiger partial charge in [0.25, 0.3) is 0 Å². The summed E-state index contributed by atoms with van der Waals surface area (Å²) in [5.74, 6) is 0. The number of nitrogens with zero attached hydrogens (tertiary/aromatic N) is 1. The van der Waals surface area contributed by atoms with Crippen LogP contribution in [0.3, 0.4) is 0 Å². The van der Waals surface area contributed by atoms with Crippen LogP contribution in [0.25, 0.3) is 0 Å². The molecule has 0 saturated heterocycles. The van der Waals surface area contributed by atoms with Crippen LogP contribution in [-0.2, 0) is 11.3 Å². The van der Waals surface area contributed by atoms with Gasteiger partial charge in [-0.05, 0) is 30.5 Å². The van der Waals surface area contributed by atoms with Crippen molar-refractivity contribution in [1.82, 2.24) is 0 Å². The first kappa shape index (κ1) is 15.6. The lowest BCUT2D eigenvalue weighted by Crippen LogP contribution is -2.29. The zero-order valence-corrected chi connectivity index (χ0v) is 14.4. The molecule has 0 spiro atoms. The molecule has 0 amide bonds. The normalized spacial score (nSPS) is 21.1. The number of oxime groups is 1. The van der Waals surface area contributed by atoms with Gasteiger partial charge in [-0.15, -0.1) is 0 Å². The molecule has 0 radical (unpaired) electrons. The smallest absolute Gasteiger partial charge is 0.129 e. The van der Waals surface area contributed by atoms with Crippen LogP contribution in [0.4, 0.5) is 0 Å². The van der Waals surface area contributed by atoms with Gasteiger partial charge in [0, 0.05) is 17.0 Å². The summed E-state index contributed by atoms with van der Waals surface area (Å²) < 4.78 is 0. The molecule has 1 heterocycles. The molecule has 2 unspecified atom stereocenters.